The van der Waals surface area contributed by atoms with Gasteiger partial charge in [-0.15, -0.1) is 0 Å². The Hall–Kier alpha value is -1.02. The van der Waals surface area contributed by atoms with Crippen molar-refractivity contribution in [2.75, 3.05) is 6.54 Å². The van der Waals surface area contributed by atoms with E-state index in [9.17, 15) is 13.2 Å². The van der Waals surface area contributed by atoms with E-state index in [0.29, 0.717) is 5.57 Å². The lowest BCUT2D eigenvalue weighted by Crippen LogP contribution is -2.58. The summed E-state index contributed by atoms with van der Waals surface area (Å²) in [5.41, 5.74) is -0.876. The summed E-state index contributed by atoms with van der Waals surface area (Å²) in [6.07, 6.45) is -4.80. The second-order valence-electron chi connectivity index (χ2n) is 3.61. The van der Waals surface area contributed by atoms with E-state index in [-0.39, 0.29) is 13.0 Å². The van der Waals surface area contributed by atoms with Crippen LogP contribution in [-0.2, 0) is 0 Å². The zero-order valence-electron chi connectivity index (χ0n) is 8.00. The van der Waals surface area contributed by atoms with Crippen molar-refractivity contribution in [3.8, 4) is 6.07 Å². The molecular weight excluding hydrogens is 193 g/mol. The van der Waals surface area contributed by atoms with E-state index in [4.69, 9.17) is 5.26 Å². The molecule has 0 aromatic heterocycles. The van der Waals surface area contributed by atoms with Crippen molar-refractivity contribution in [2.45, 2.75) is 32.0 Å². The lowest BCUT2D eigenvalue weighted by atomic mass is 9.86. The Morgan fingerprint density at radius 2 is 1.93 bits per heavy atom. The summed E-state index contributed by atoms with van der Waals surface area (Å²) in [7, 11) is 0. The summed E-state index contributed by atoms with van der Waals surface area (Å²) in [6.45, 7) is 3.52. The van der Waals surface area contributed by atoms with Crippen LogP contribution >= 0.6 is 0 Å². The normalized spacial score (nSPS) is 28.9. The number of hydrogen-bond donors (Lipinski definition) is 1. The van der Waals surface area contributed by atoms with Crippen LogP contribution in [0.4, 0.5) is 13.2 Å². The molecular formula is C9H11F3N2. The highest BCUT2D eigenvalue weighted by atomic mass is 19.4. The lowest BCUT2D eigenvalue weighted by Gasteiger charge is -2.34. The van der Waals surface area contributed by atoms with Gasteiger partial charge in [0.15, 0.2) is 0 Å². The van der Waals surface area contributed by atoms with Crippen LogP contribution in [0, 0.1) is 11.3 Å². The molecule has 14 heavy (non-hydrogen) atoms. The fraction of sp³-hybridized carbons (Fsp3) is 0.667. The summed E-state index contributed by atoms with van der Waals surface area (Å²) in [6, 6.07) is 1.34. The summed E-state index contributed by atoms with van der Waals surface area (Å²) >= 11 is 0. The predicted octanol–water partition coefficient (Wildman–Crippen LogP) is 2.14. The number of nitriles is 1. The van der Waals surface area contributed by atoms with Crippen molar-refractivity contribution in [3.05, 3.63) is 11.1 Å². The average Bonchev–Trinajstić information content (AvgIpc) is 2.08. The van der Waals surface area contributed by atoms with Crippen molar-refractivity contribution in [1.82, 2.24) is 5.32 Å². The molecule has 5 heteroatoms. The zero-order valence-corrected chi connectivity index (χ0v) is 8.00. The number of nitrogens with one attached hydrogen (secondary N) is 1. The van der Waals surface area contributed by atoms with Crippen LogP contribution in [0.1, 0.15) is 20.3 Å². The van der Waals surface area contributed by atoms with E-state index in [0.717, 1.165) is 5.57 Å². The molecule has 0 amide bonds. The van der Waals surface area contributed by atoms with Gasteiger partial charge in [0.05, 0.1) is 6.07 Å². The fourth-order valence-corrected chi connectivity index (χ4v) is 1.39. The molecule has 0 aromatic carbocycles. The number of hydrogen-bond acceptors (Lipinski definition) is 2. The van der Waals surface area contributed by atoms with Crippen LogP contribution < -0.4 is 5.32 Å². The molecule has 1 unspecified atom stereocenters. The highest BCUT2D eigenvalue weighted by Gasteiger charge is 2.56. The van der Waals surface area contributed by atoms with Crippen molar-refractivity contribution in [2.24, 2.45) is 0 Å². The molecule has 1 aliphatic rings. The van der Waals surface area contributed by atoms with Crippen LogP contribution in [0.5, 0.6) is 0 Å². The molecule has 0 radical (unpaired) electrons. The molecule has 0 saturated carbocycles. The number of alkyl halides is 3. The van der Waals surface area contributed by atoms with Crippen LogP contribution in [0.15, 0.2) is 11.1 Å². The highest BCUT2D eigenvalue weighted by molar-refractivity contribution is 5.27. The van der Waals surface area contributed by atoms with Crippen LogP contribution in [-0.4, -0.2) is 18.3 Å². The largest absolute Gasteiger partial charge is 0.420 e. The first-order chi connectivity index (χ1) is 6.32. The first kappa shape index (κ1) is 11.1. The van der Waals surface area contributed by atoms with Gasteiger partial charge in [-0.25, -0.2) is 0 Å². The average molecular weight is 204 g/mol. The minimum Gasteiger partial charge on any atom is -0.288 e. The summed E-state index contributed by atoms with van der Waals surface area (Å²) < 4.78 is 37.8. The SMILES string of the molecule is CC1=C(C)CC(C#N)(C(F)(F)F)NC1. The molecule has 78 valence electrons. The van der Waals surface area contributed by atoms with Gasteiger partial charge in [0.25, 0.3) is 0 Å². The van der Waals surface area contributed by atoms with Gasteiger partial charge in [-0.2, -0.15) is 18.4 Å². The Labute approximate surface area is 80.4 Å². The van der Waals surface area contributed by atoms with Gasteiger partial charge >= 0.3 is 6.18 Å². The molecule has 0 bridgehead atoms. The van der Waals surface area contributed by atoms with Gasteiger partial charge in [-0.3, -0.25) is 5.32 Å². The maximum atomic E-state index is 12.6. The molecule has 1 N–H and O–H groups in total. The molecule has 0 aliphatic carbocycles. The maximum absolute atomic E-state index is 12.6. The first-order valence-electron chi connectivity index (χ1n) is 4.20. The Morgan fingerprint density at radius 3 is 2.29 bits per heavy atom. The Kier molecular flexibility index (Phi) is 2.59. The number of nitrogens with zero attached hydrogens (tertiary/aromatic N) is 1. The third-order valence-electron chi connectivity index (χ3n) is 2.59. The van der Waals surface area contributed by atoms with Crippen LogP contribution in [0.25, 0.3) is 0 Å². The first-order valence-corrected chi connectivity index (χ1v) is 4.20. The topological polar surface area (TPSA) is 35.8 Å². The van der Waals surface area contributed by atoms with Gasteiger partial charge in [-0.1, -0.05) is 11.1 Å². The van der Waals surface area contributed by atoms with E-state index < -0.39 is 11.7 Å². The Balaban J connectivity index is 3.05. The van der Waals surface area contributed by atoms with E-state index >= 15 is 0 Å². The standard InChI is InChI=1S/C9H11F3N2/c1-6-3-8(5-13,9(10,11)12)14-4-7(6)2/h14H,3-4H2,1-2H3. The quantitative estimate of drug-likeness (QED) is 0.613. The van der Waals surface area contributed by atoms with Gasteiger partial charge in [0.2, 0.25) is 5.54 Å². The molecule has 1 atom stereocenters. The molecule has 0 aromatic rings. The van der Waals surface area contributed by atoms with E-state index in [1.165, 1.54) is 6.07 Å². The molecule has 0 spiro atoms. The molecule has 1 aliphatic heterocycles. The minimum absolute atomic E-state index is 0.124. The molecule has 1 heterocycles. The highest BCUT2D eigenvalue weighted by Crippen LogP contribution is 2.37. The summed E-state index contributed by atoms with van der Waals surface area (Å²) in [4.78, 5) is 0. The minimum atomic E-state index is -4.52. The maximum Gasteiger partial charge on any atom is 0.420 e. The zero-order chi connectivity index (χ0) is 11.0. The van der Waals surface area contributed by atoms with E-state index in [2.05, 4.69) is 5.32 Å². The van der Waals surface area contributed by atoms with Crippen molar-refractivity contribution >= 4 is 0 Å². The summed E-state index contributed by atoms with van der Waals surface area (Å²) in [5, 5.41) is 10.9. The number of rotatable bonds is 0. The fourth-order valence-electron chi connectivity index (χ4n) is 1.39. The molecule has 0 fully saturated rings. The van der Waals surface area contributed by atoms with Crippen LogP contribution in [0.3, 0.4) is 0 Å². The third kappa shape index (κ3) is 1.62. The lowest BCUT2D eigenvalue weighted by molar-refractivity contribution is -0.179. The second kappa shape index (κ2) is 3.28. The van der Waals surface area contributed by atoms with Gasteiger partial charge < -0.3 is 0 Å². The van der Waals surface area contributed by atoms with E-state index in [1.54, 1.807) is 13.8 Å². The monoisotopic (exact) mass is 204 g/mol. The molecule has 2 nitrogen and oxygen atoms in total. The predicted molar refractivity (Wildman–Crippen MR) is 45.4 cm³/mol. The van der Waals surface area contributed by atoms with Gasteiger partial charge in [0.1, 0.15) is 0 Å². The summed E-state index contributed by atoms with van der Waals surface area (Å²) in [5.74, 6) is 0. The van der Waals surface area contributed by atoms with Crippen molar-refractivity contribution in [3.63, 3.8) is 0 Å². The molecule has 0 saturated heterocycles. The van der Waals surface area contributed by atoms with Crippen LogP contribution in [0.2, 0.25) is 0 Å². The Morgan fingerprint density at radius 1 is 1.36 bits per heavy atom. The number of halogens is 3. The van der Waals surface area contributed by atoms with E-state index in [1.807, 2.05) is 0 Å². The molecule has 1 rings (SSSR count). The van der Waals surface area contributed by atoms with Crippen molar-refractivity contribution < 1.29 is 13.2 Å². The smallest absolute Gasteiger partial charge is 0.288 e. The third-order valence-corrected chi connectivity index (χ3v) is 2.59. The van der Waals surface area contributed by atoms with Gasteiger partial charge in [0, 0.05) is 13.0 Å². The van der Waals surface area contributed by atoms with Gasteiger partial charge in [-0.05, 0) is 13.8 Å². The van der Waals surface area contributed by atoms with Crippen molar-refractivity contribution in [1.29, 1.82) is 5.26 Å². The Bertz CT molecular complexity index is 311. The second-order valence-corrected chi connectivity index (χ2v) is 3.61.